The van der Waals surface area contributed by atoms with Gasteiger partial charge in [0.1, 0.15) is 0 Å². The summed E-state index contributed by atoms with van der Waals surface area (Å²) in [5.41, 5.74) is 0. The molecule has 92 valence electrons. The molecule has 4 heteroatoms. The largest absolute Gasteiger partial charge is 0.316 e. The fourth-order valence-corrected chi connectivity index (χ4v) is 1.32. The van der Waals surface area contributed by atoms with Crippen LogP contribution in [0.3, 0.4) is 0 Å². The molecule has 0 saturated carbocycles. The van der Waals surface area contributed by atoms with Crippen molar-refractivity contribution in [3.05, 3.63) is 0 Å². The number of alkyl halides is 2. The third kappa shape index (κ3) is 8.75. The molecule has 1 atom stereocenters. The molecule has 0 aliphatic carbocycles. The highest BCUT2D eigenvalue weighted by Gasteiger charge is 2.13. The van der Waals surface area contributed by atoms with Crippen LogP contribution in [0.2, 0.25) is 0 Å². The lowest BCUT2D eigenvalue weighted by Gasteiger charge is -2.24. The summed E-state index contributed by atoms with van der Waals surface area (Å²) in [6.45, 7) is 8.04. The molecule has 0 aliphatic heterocycles. The summed E-state index contributed by atoms with van der Waals surface area (Å²) in [6.07, 6.45) is -1.32. The molecule has 0 aromatic carbocycles. The molecule has 0 aromatic rings. The second-order valence-electron chi connectivity index (χ2n) is 4.57. The van der Waals surface area contributed by atoms with Gasteiger partial charge in [-0.05, 0) is 39.4 Å². The molecule has 0 spiro atoms. The molecule has 2 nitrogen and oxygen atoms in total. The molecule has 0 aliphatic rings. The molecule has 1 unspecified atom stereocenters. The molecule has 1 N–H and O–H groups in total. The van der Waals surface area contributed by atoms with E-state index in [1.807, 2.05) is 6.92 Å². The van der Waals surface area contributed by atoms with Gasteiger partial charge in [-0.3, -0.25) is 4.90 Å². The third-order valence-corrected chi connectivity index (χ3v) is 2.47. The van der Waals surface area contributed by atoms with Gasteiger partial charge in [0.15, 0.2) is 0 Å². The Morgan fingerprint density at radius 2 is 1.80 bits per heavy atom. The van der Waals surface area contributed by atoms with Crippen LogP contribution in [-0.4, -0.2) is 44.0 Å². The topological polar surface area (TPSA) is 15.3 Å². The maximum absolute atomic E-state index is 12.1. The van der Waals surface area contributed by atoms with Crippen LogP contribution in [-0.2, 0) is 0 Å². The molecule has 0 fully saturated rings. The van der Waals surface area contributed by atoms with Crippen LogP contribution in [0.25, 0.3) is 0 Å². The van der Waals surface area contributed by atoms with Crippen LogP contribution in [0.15, 0.2) is 0 Å². The van der Waals surface area contributed by atoms with Gasteiger partial charge < -0.3 is 5.32 Å². The predicted molar refractivity (Wildman–Crippen MR) is 60.4 cm³/mol. The van der Waals surface area contributed by atoms with Gasteiger partial charge in [-0.25, -0.2) is 8.78 Å². The second-order valence-corrected chi connectivity index (χ2v) is 4.57. The van der Waals surface area contributed by atoms with Crippen molar-refractivity contribution in [1.29, 1.82) is 0 Å². The van der Waals surface area contributed by atoms with Gasteiger partial charge in [0.2, 0.25) is 0 Å². The van der Waals surface area contributed by atoms with Crippen LogP contribution in [0.4, 0.5) is 8.78 Å². The fraction of sp³-hybridized carbons (Fsp3) is 1.00. The molecule has 0 aromatic heterocycles. The molecule has 15 heavy (non-hydrogen) atoms. The Morgan fingerprint density at radius 1 is 1.20 bits per heavy atom. The van der Waals surface area contributed by atoms with E-state index >= 15 is 0 Å². The van der Waals surface area contributed by atoms with E-state index in [0.717, 1.165) is 19.5 Å². The molecular weight excluding hydrogens is 198 g/mol. The van der Waals surface area contributed by atoms with Crippen LogP contribution in [0, 0.1) is 5.92 Å². The molecule has 0 amide bonds. The van der Waals surface area contributed by atoms with E-state index in [-0.39, 0.29) is 12.6 Å². The van der Waals surface area contributed by atoms with Crippen LogP contribution >= 0.6 is 0 Å². The van der Waals surface area contributed by atoms with Gasteiger partial charge in [0.25, 0.3) is 6.43 Å². The summed E-state index contributed by atoms with van der Waals surface area (Å²) in [7, 11) is 1.75. The maximum atomic E-state index is 12.1. The Labute approximate surface area is 92.0 Å². The highest BCUT2D eigenvalue weighted by molar-refractivity contribution is 4.65. The van der Waals surface area contributed by atoms with Crippen molar-refractivity contribution in [3.63, 3.8) is 0 Å². The Bertz CT molecular complexity index is 152. The highest BCUT2D eigenvalue weighted by Crippen LogP contribution is 2.04. The van der Waals surface area contributed by atoms with Crippen LogP contribution in [0.5, 0.6) is 0 Å². The predicted octanol–water partition coefficient (Wildman–Crippen LogP) is 2.21. The summed E-state index contributed by atoms with van der Waals surface area (Å²) in [5.74, 6) is 0.638. The standard InChI is InChI=1S/C11H24F2N2/c1-9(2)7-14-6-5-10(3)15(4)8-11(12)13/h9-11,14H,5-8H2,1-4H3. The lowest BCUT2D eigenvalue weighted by molar-refractivity contribution is 0.0824. The normalized spacial score (nSPS) is 14.2. The van der Waals surface area contributed by atoms with E-state index < -0.39 is 6.43 Å². The van der Waals surface area contributed by atoms with E-state index in [2.05, 4.69) is 19.2 Å². The smallest absolute Gasteiger partial charge is 0.251 e. The minimum absolute atomic E-state index is 0.134. The van der Waals surface area contributed by atoms with Crippen molar-refractivity contribution in [2.75, 3.05) is 26.7 Å². The van der Waals surface area contributed by atoms with Crippen molar-refractivity contribution in [2.45, 2.75) is 39.7 Å². The minimum Gasteiger partial charge on any atom is -0.316 e. The Morgan fingerprint density at radius 3 is 2.27 bits per heavy atom. The average molecular weight is 222 g/mol. The molecule has 0 rings (SSSR count). The monoisotopic (exact) mass is 222 g/mol. The van der Waals surface area contributed by atoms with Crippen LogP contribution in [0.1, 0.15) is 27.2 Å². The zero-order chi connectivity index (χ0) is 11.8. The van der Waals surface area contributed by atoms with E-state index in [0.29, 0.717) is 5.92 Å². The molecule has 0 bridgehead atoms. The SMILES string of the molecule is CC(C)CNCCC(C)N(C)CC(F)F. The second kappa shape index (κ2) is 7.99. The number of hydrogen-bond donors (Lipinski definition) is 1. The van der Waals surface area contributed by atoms with Gasteiger partial charge in [0, 0.05) is 6.04 Å². The number of halogens is 2. The third-order valence-electron chi connectivity index (χ3n) is 2.47. The van der Waals surface area contributed by atoms with E-state index in [1.54, 1.807) is 11.9 Å². The summed E-state index contributed by atoms with van der Waals surface area (Å²) in [6, 6.07) is 0.207. The average Bonchev–Trinajstić information content (AvgIpc) is 2.10. The zero-order valence-electron chi connectivity index (χ0n) is 10.3. The Balaban J connectivity index is 3.51. The number of nitrogens with one attached hydrogen (secondary N) is 1. The van der Waals surface area contributed by atoms with Crippen molar-refractivity contribution in [1.82, 2.24) is 10.2 Å². The van der Waals surface area contributed by atoms with E-state index in [1.165, 1.54) is 0 Å². The van der Waals surface area contributed by atoms with Gasteiger partial charge >= 0.3 is 0 Å². The van der Waals surface area contributed by atoms with Crippen LogP contribution < -0.4 is 5.32 Å². The molecule has 0 radical (unpaired) electrons. The zero-order valence-corrected chi connectivity index (χ0v) is 10.3. The van der Waals surface area contributed by atoms with Crippen molar-refractivity contribution >= 4 is 0 Å². The number of hydrogen-bond acceptors (Lipinski definition) is 2. The van der Waals surface area contributed by atoms with Gasteiger partial charge in [-0.1, -0.05) is 13.8 Å². The first-order valence-corrected chi connectivity index (χ1v) is 5.62. The lowest BCUT2D eigenvalue weighted by Crippen LogP contribution is -2.35. The number of nitrogens with zero attached hydrogens (tertiary/aromatic N) is 1. The summed E-state index contributed by atoms with van der Waals surface area (Å²) < 4.78 is 24.2. The molecule has 0 saturated heterocycles. The van der Waals surface area contributed by atoms with Crippen molar-refractivity contribution < 1.29 is 8.78 Å². The fourth-order valence-electron chi connectivity index (χ4n) is 1.32. The first-order valence-electron chi connectivity index (χ1n) is 5.62. The van der Waals surface area contributed by atoms with E-state index in [9.17, 15) is 8.78 Å². The lowest BCUT2D eigenvalue weighted by atomic mass is 10.2. The number of rotatable bonds is 8. The van der Waals surface area contributed by atoms with E-state index in [4.69, 9.17) is 0 Å². The molecular formula is C11H24F2N2. The summed E-state index contributed by atoms with van der Waals surface area (Å²) in [4.78, 5) is 1.71. The van der Waals surface area contributed by atoms with Gasteiger partial charge in [-0.2, -0.15) is 0 Å². The Kier molecular flexibility index (Phi) is 7.88. The first kappa shape index (κ1) is 14.8. The van der Waals surface area contributed by atoms with Gasteiger partial charge in [0.05, 0.1) is 6.54 Å². The highest BCUT2D eigenvalue weighted by atomic mass is 19.3. The van der Waals surface area contributed by atoms with Crippen molar-refractivity contribution in [2.24, 2.45) is 5.92 Å². The van der Waals surface area contributed by atoms with Gasteiger partial charge in [-0.15, -0.1) is 0 Å². The molecule has 0 heterocycles. The van der Waals surface area contributed by atoms with Crippen molar-refractivity contribution in [3.8, 4) is 0 Å². The maximum Gasteiger partial charge on any atom is 0.251 e. The summed E-state index contributed by atoms with van der Waals surface area (Å²) >= 11 is 0. The minimum atomic E-state index is -2.24. The Hall–Kier alpha value is -0.220. The summed E-state index contributed by atoms with van der Waals surface area (Å²) in [5, 5.41) is 3.31. The first-order chi connectivity index (χ1) is 6.93. The quantitative estimate of drug-likeness (QED) is 0.633.